The van der Waals surface area contributed by atoms with E-state index in [0.717, 1.165) is 29.9 Å². The predicted molar refractivity (Wildman–Crippen MR) is 133 cm³/mol. The third-order valence-corrected chi connectivity index (χ3v) is 5.99. The van der Waals surface area contributed by atoms with Gasteiger partial charge in [0.1, 0.15) is 24.2 Å². The lowest BCUT2D eigenvalue weighted by Crippen LogP contribution is -2.21. The molecule has 0 saturated heterocycles. The molecular formula is C26H27N5O3. The van der Waals surface area contributed by atoms with Crippen LogP contribution < -0.4 is 19.7 Å². The van der Waals surface area contributed by atoms with Crippen molar-refractivity contribution < 1.29 is 14.3 Å². The molecule has 1 aliphatic rings. The fourth-order valence-corrected chi connectivity index (χ4v) is 4.08. The van der Waals surface area contributed by atoms with Crippen LogP contribution in [0, 0.1) is 6.92 Å². The van der Waals surface area contributed by atoms with Crippen LogP contribution in [0.4, 0.5) is 11.4 Å². The summed E-state index contributed by atoms with van der Waals surface area (Å²) in [6.07, 6.45) is 0. The summed E-state index contributed by atoms with van der Waals surface area (Å²) >= 11 is 0. The zero-order chi connectivity index (χ0) is 23.7. The van der Waals surface area contributed by atoms with Crippen LogP contribution in [0.1, 0.15) is 29.8 Å². The van der Waals surface area contributed by atoms with E-state index in [-0.39, 0.29) is 5.91 Å². The second-order valence-corrected chi connectivity index (χ2v) is 8.15. The molecule has 174 valence electrons. The highest BCUT2D eigenvalue weighted by molar-refractivity contribution is 6.05. The lowest BCUT2D eigenvalue weighted by atomic mass is 10.1. The number of aryl methyl sites for hydroxylation is 1. The van der Waals surface area contributed by atoms with Crippen molar-refractivity contribution >= 4 is 28.3 Å². The number of benzene rings is 3. The average Bonchev–Trinajstić information content (AvgIpc) is 3.27. The van der Waals surface area contributed by atoms with Gasteiger partial charge in [-0.25, -0.2) is 0 Å². The lowest BCUT2D eigenvalue weighted by Gasteiger charge is -2.20. The van der Waals surface area contributed by atoms with Crippen LogP contribution in [-0.2, 0) is 0 Å². The first-order chi connectivity index (χ1) is 16.6. The van der Waals surface area contributed by atoms with E-state index in [0.29, 0.717) is 41.5 Å². The van der Waals surface area contributed by atoms with Gasteiger partial charge >= 0.3 is 0 Å². The number of aromatic nitrogens is 3. The number of amides is 1. The van der Waals surface area contributed by atoms with E-state index in [4.69, 9.17) is 9.47 Å². The van der Waals surface area contributed by atoms with Crippen molar-refractivity contribution in [1.29, 1.82) is 0 Å². The quantitative estimate of drug-likeness (QED) is 0.456. The molecule has 5 rings (SSSR count). The van der Waals surface area contributed by atoms with Crippen molar-refractivity contribution in [2.24, 2.45) is 0 Å². The highest BCUT2D eigenvalue weighted by Crippen LogP contribution is 2.31. The Kier molecular flexibility index (Phi) is 5.79. The summed E-state index contributed by atoms with van der Waals surface area (Å²) in [5, 5.41) is 12.3. The fraction of sp³-hybridized carbons (Fsp3) is 0.269. The first-order valence-corrected chi connectivity index (χ1v) is 11.5. The highest BCUT2D eigenvalue weighted by Gasteiger charge is 2.16. The lowest BCUT2D eigenvalue weighted by molar-refractivity contribution is 0.102. The standard InChI is InChI=1S/C26H27N5O3/c1-4-30(5-2)19-7-9-20(10-8-19)31-28-22-14-17(3)21(16-23(22)29-31)27-26(32)18-6-11-24-25(15-18)34-13-12-33-24/h6-11,14-16H,4-5,12-13H2,1-3H3,(H,27,32). The zero-order valence-electron chi connectivity index (χ0n) is 19.5. The van der Waals surface area contributed by atoms with E-state index in [1.54, 1.807) is 23.0 Å². The third-order valence-electron chi connectivity index (χ3n) is 5.99. The first kappa shape index (κ1) is 21.8. The third kappa shape index (κ3) is 4.14. The molecule has 0 unspecified atom stereocenters. The summed E-state index contributed by atoms with van der Waals surface area (Å²) in [4.78, 5) is 16.8. The average molecular weight is 458 g/mol. The number of hydrogen-bond donors (Lipinski definition) is 1. The molecule has 4 aromatic rings. The van der Waals surface area contributed by atoms with Gasteiger partial charge in [-0.1, -0.05) is 0 Å². The normalized spacial score (nSPS) is 12.6. The number of fused-ring (bicyclic) bond motifs is 2. The second-order valence-electron chi connectivity index (χ2n) is 8.15. The van der Waals surface area contributed by atoms with E-state index >= 15 is 0 Å². The molecular weight excluding hydrogens is 430 g/mol. The first-order valence-electron chi connectivity index (χ1n) is 11.5. The van der Waals surface area contributed by atoms with Crippen molar-refractivity contribution in [2.45, 2.75) is 20.8 Å². The summed E-state index contributed by atoms with van der Waals surface area (Å²) in [5.41, 5.74) is 5.62. The second kappa shape index (κ2) is 9.05. The van der Waals surface area contributed by atoms with E-state index < -0.39 is 0 Å². The van der Waals surface area contributed by atoms with Crippen molar-refractivity contribution in [3.63, 3.8) is 0 Å². The monoisotopic (exact) mass is 457 g/mol. The van der Waals surface area contributed by atoms with Crippen LogP contribution >= 0.6 is 0 Å². The Labute approximate surface area is 198 Å². The Morgan fingerprint density at radius 3 is 2.32 bits per heavy atom. The van der Waals surface area contributed by atoms with E-state index in [2.05, 4.69) is 46.4 Å². The molecule has 0 radical (unpaired) electrons. The Hall–Kier alpha value is -4.07. The van der Waals surface area contributed by atoms with Crippen molar-refractivity contribution in [3.8, 4) is 17.2 Å². The smallest absolute Gasteiger partial charge is 0.255 e. The van der Waals surface area contributed by atoms with E-state index in [1.165, 1.54) is 5.69 Å². The minimum absolute atomic E-state index is 0.223. The van der Waals surface area contributed by atoms with E-state index in [9.17, 15) is 4.79 Å². The SMILES string of the molecule is CCN(CC)c1ccc(-n2nc3cc(C)c(NC(=O)c4ccc5c(c4)OCCO5)cc3n2)cc1. The molecule has 1 N–H and O–H groups in total. The molecule has 0 saturated carbocycles. The maximum absolute atomic E-state index is 12.9. The summed E-state index contributed by atoms with van der Waals surface area (Å²) in [6.45, 7) is 9.13. The molecule has 1 aromatic heterocycles. The van der Waals surface area contributed by atoms with Gasteiger partial charge in [0.05, 0.1) is 5.69 Å². The largest absolute Gasteiger partial charge is 0.486 e. The molecule has 2 heterocycles. The predicted octanol–water partition coefficient (Wildman–Crippen LogP) is 4.60. The molecule has 1 aliphatic heterocycles. The molecule has 8 nitrogen and oxygen atoms in total. The number of nitrogens with zero attached hydrogens (tertiary/aromatic N) is 4. The van der Waals surface area contributed by atoms with Crippen LogP contribution in [0.5, 0.6) is 11.5 Å². The molecule has 3 aromatic carbocycles. The van der Waals surface area contributed by atoms with Gasteiger partial charge in [0.25, 0.3) is 5.91 Å². The van der Waals surface area contributed by atoms with Crippen LogP contribution in [0.25, 0.3) is 16.7 Å². The summed E-state index contributed by atoms with van der Waals surface area (Å²) in [6, 6.07) is 17.2. The zero-order valence-corrected chi connectivity index (χ0v) is 19.5. The Balaban J connectivity index is 1.38. The number of carbonyl (C=O) groups excluding carboxylic acids is 1. The molecule has 0 atom stereocenters. The number of anilines is 2. The number of ether oxygens (including phenoxy) is 2. The van der Waals surface area contributed by atoms with Gasteiger partial charge in [0, 0.05) is 30.0 Å². The number of carbonyl (C=O) groups is 1. The van der Waals surface area contributed by atoms with Gasteiger partial charge in [-0.2, -0.15) is 4.80 Å². The Morgan fingerprint density at radius 2 is 1.62 bits per heavy atom. The van der Waals surface area contributed by atoms with Crippen LogP contribution in [0.2, 0.25) is 0 Å². The Bertz CT molecular complexity index is 1340. The molecule has 0 spiro atoms. The van der Waals surface area contributed by atoms with Crippen LogP contribution in [-0.4, -0.2) is 47.2 Å². The molecule has 0 aliphatic carbocycles. The van der Waals surface area contributed by atoms with Gasteiger partial charge < -0.3 is 19.7 Å². The summed E-state index contributed by atoms with van der Waals surface area (Å²) in [5.74, 6) is 1.02. The molecule has 0 fully saturated rings. The van der Waals surface area contributed by atoms with Gasteiger partial charge in [0.15, 0.2) is 11.5 Å². The van der Waals surface area contributed by atoms with Crippen LogP contribution in [0.3, 0.4) is 0 Å². The van der Waals surface area contributed by atoms with E-state index in [1.807, 2.05) is 31.2 Å². The topological polar surface area (TPSA) is 81.5 Å². The molecule has 1 amide bonds. The van der Waals surface area contributed by atoms with Crippen LogP contribution in [0.15, 0.2) is 54.6 Å². The van der Waals surface area contributed by atoms with Crippen molar-refractivity contribution in [2.75, 3.05) is 36.5 Å². The number of rotatable bonds is 6. The van der Waals surface area contributed by atoms with Crippen molar-refractivity contribution in [3.05, 3.63) is 65.7 Å². The summed E-state index contributed by atoms with van der Waals surface area (Å²) in [7, 11) is 0. The maximum atomic E-state index is 12.9. The van der Waals surface area contributed by atoms with Gasteiger partial charge in [-0.15, -0.1) is 10.2 Å². The molecule has 8 heteroatoms. The van der Waals surface area contributed by atoms with Gasteiger partial charge in [-0.05, 0) is 80.9 Å². The maximum Gasteiger partial charge on any atom is 0.255 e. The molecule has 0 bridgehead atoms. The van der Waals surface area contributed by atoms with Gasteiger partial charge in [0.2, 0.25) is 0 Å². The summed E-state index contributed by atoms with van der Waals surface area (Å²) < 4.78 is 11.1. The number of nitrogens with one attached hydrogen (secondary N) is 1. The minimum Gasteiger partial charge on any atom is -0.486 e. The van der Waals surface area contributed by atoms with Crippen molar-refractivity contribution in [1.82, 2.24) is 15.0 Å². The number of hydrogen-bond acceptors (Lipinski definition) is 6. The minimum atomic E-state index is -0.223. The van der Waals surface area contributed by atoms with Gasteiger partial charge in [-0.3, -0.25) is 4.79 Å². The highest BCUT2D eigenvalue weighted by atomic mass is 16.6. The molecule has 34 heavy (non-hydrogen) atoms. The fourth-order valence-electron chi connectivity index (χ4n) is 4.08. The Morgan fingerprint density at radius 1 is 0.941 bits per heavy atom.